The van der Waals surface area contributed by atoms with Gasteiger partial charge in [0.1, 0.15) is 13.1 Å². The highest BCUT2D eigenvalue weighted by Crippen LogP contribution is 2.17. The van der Waals surface area contributed by atoms with Gasteiger partial charge in [-0.15, -0.1) is 0 Å². The molecule has 0 aromatic heterocycles. The van der Waals surface area contributed by atoms with Gasteiger partial charge in [0.15, 0.2) is 0 Å². The lowest BCUT2D eigenvalue weighted by molar-refractivity contribution is -0.149. The van der Waals surface area contributed by atoms with Crippen LogP contribution in [0.3, 0.4) is 0 Å². The molecule has 0 aromatic carbocycles. The number of aliphatic hydroxyl groups excluding tert-OH is 1. The van der Waals surface area contributed by atoms with Crippen molar-refractivity contribution in [3.05, 3.63) is 0 Å². The normalized spacial score (nSPS) is 11.6. The number of carbonyl (C=O) groups is 2. The molecule has 0 aliphatic rings. The number of aliphatic carboxylic acids is 1. The number of halogens is 5. The van der Waals surface area contributed by atoms with Crippen LogP contribution in [0.1, 0.15) is 0 Å². The number of hydrogen-bond donors (Lipinski definition) is 2. The second-order valence-corrected chi connectivity index (χ2v) is 3.71. The fourth-order valence-corrected chi connectivity index (χ4v) is 1.32. The number of urea groups is 1. The zero-order valence-corrected chi connectivity index (χ0v) is 10.1. The van der Waals surface area contributed by atoms with Gasteiger partial charge in [-0.05, 0) is 0 Å². The maximum atomic E-state index is 12.2. The van der Waals surface area contributed by atoms with Gasteiger partial charge in [0, 0.05) is 6.54 Å². The summed E-state index contributed by atoms with van der Waals surface area (Å²) in [7, 11) is 0. The Morgan fingerprint density at radius 3 is 2.05 bits per heavy atom. The molecule has 0 fully saturated rings. The monoisotopic (exact) mass is 308 g/mol. The van der Waals surface area contributed by atoms with Gasteiger partial charge in [0.05, 0.1) is 13.2 Å². The van der Waals surface area contributed by atoms with Crippen molar-refractivity contribution in [2.24, 2.45) is 0 Å². The first-order valence-corrected chi connectivity index (χ1v) is 5.28. The van der Waals surface area contributed by atoms with Crippen LogP contribution in [0.25, 0.3) is 0 Å². The van der Waals surface area contributed by atoms with Crippen LogP contribution >= 0.6 is 0 Å². The van der Waals surface area contributed by atoms with E-state index in [0.29, 0.717) is 0 Å². The second kappa shape index (κ2) is 7.82. The van der Waals surface area contributed by atoms with Crippen molar-refractivity contribution >= 4 is 12.0 Å². The van der Waals surface area contributed by atoms with E-state index in [1.165, 1.54) is 0 Å². The van der Waals surface area contributed by atoms with Crippen molar-refractivity contribution in [1.82, 2.24) is 9.80 Å². The van der Waals surface area contributed by atoms with E-state index in [1.54, 1.807) is 0 Å². The van der Waals surface area contributed by atoms with Gasteiger partial charge in [-0.3, -0.25) is 4.79 Å². The molecule has 11 heteroatoms. The lowest BCUT2D eigenvalue weighted by atomic mass is 10.4. The third-order valence-corrected chi connectivity index (χ3v) is 1.97. The molecule has 0 radical (unpaired) electrons. The Labute approximate surface area is 110 Å². The van der Waals surface area contributed by atoms with E-state index >= 15 is 0 Å². The number of rotatable bonds is 7. The van der Waals surface area contributed by atoms with Gasteiger partial charge in [-0.2, -0.15) is 13.2 Å². The van der Waals surface area contributed by atoms with Crippen LogP contribution in [0.15, 0.2) is 0 Å². The number of carboxylic acids is 1. The minimum atomic E-state index is -4.87. The number of amides is 2. The van der Waals surface area contributed by atoms with E-state index in [2.05, 4.69) is 0 Å². The third kappa shape index (κ3) is 7.71. The molecule has 0 aliphatic heterocycles. The molecule has 20 heavy (non-hydrogen) atoms. The lowest BCUT2D eigenvalue weighted by Crippen LogP contribution is -2.50. The quantitative estimate of drug-likeness (QED) is 0.675. The Morgan fingerprint density at radius 2 is 1.70 bits per heavy atom. The zero-order valence-electron chi connectivity index (χ0n) is 10.1. The summed E-state index contributed by atoms with van der Waals surface area (Å²) in [5, 5.41) is 17.0. The van der Waals surface area contributed by atoms with Gasteiger partial charge < -0.3 is 20.0 Å². The molecule has 2 amide bonds. The van der Waals surface area contributed by atoms with Crippen molar-refractivity contribution in [1.29, 1.82) is 0 Å². The Balaban J connectivity index is 4.99. The summed E-state index contributed by atoms with van der Waals surface area (Å²) in [5.74, 6) is -1.72. The summed E-state index contributed by atoms with van der Waals surface area (Å²) in [6.07, 6.45) is -7.90. The molecule has 0 aliphatic carbocycles. The third-order valence-electron chi connectivity index (χ3n) is 1.97. The molecule has 0 bridgehead atoms. The van der Waals surface area contributed by atoms with Crippen molar-refractivity contribution < 1.29 is 41.8 Å². The molecule has 0 saturated carbocycles. The molecule has 0 spiro atoms. The number of hydrogen-bond acceptors (Lipinski definition) is 3. The van der Waals surface area contributed by atoms with E-state index in [4.69, 9.17) is 10.2 Å². The molecule has 0 unspecified atom stereocenters. The number of nitrogens with zero attached hydrogens (tertiary/aromatic N) is 2. The number of carbonyl (C=O) groups excluding carboxylic acids is 1. The Morgan fingerprint density at radius 1 is 1.15 bits per heavy atom. The first-order chi connectivity index (χ1) is 9.06. The fraction of sp³-hybridized carbons (Fsp3) is 0.778. The van der Waals surface area contributed by atoms with Gasteiger partial charge in [-0.1, -0.05) is 0 Å². The minimum absolute atomic E-state index is 0.125. The van der Waals surface area contributed by atoms with E-state index < -0.39 is 57.4 Å². The van der Waals surface area contributed by atoms with E-state index in [1.807, 2.05) is 0 Å². The second-order valence-electron chi connectivity index (χ2n) is 3.71. The summed E-state index contributed by atoms with van der Waals surface area (Å²) in [4.78, 5) is 22.2. The SMILES string of the molecule is O=C(O)CN(CC(F)(F)F)C(=O)N(CCO)CC(F)F. The number of alkyl halides is 5. The maximum absolute atomic E-state index is 12.2. The van der Waals surface area contributed by atoms with E-state index in [-0.39, 0.29) is 9.80 Å². The summed E-state index contributed by atoms with van der Waals surface area (Å²) in [6, 6.07) is -1.53. The molecule has 6 nitrogen and oxygen atoms in total. The van der Waals surface area contributed by atoms with Crippen molar-refractivity contribution in [3.8, 4) is 0 Å². The fourth-order valence-electron chi connectivity index (χ4n) is 1.32. The van der Waals surface area contributed by atoms with Gasteiger partial charge in [0.2, 0.25) is 0 Å². The van der Waals surface area contributed by atoms with E-state index in [0.717, 1.165) is 0 Å². The van der Waals surface area contributed by atoms with Crippen LogP contribution < -0.4 is 0 Å². The first kappa shape index (κ1) is 18.4. The highest BCUT2D eigenvalue weighted by Gasteiger charge is 2.36. The van der Waals surface area contributed by atoms with Crippen molar-refractivity contribution in [3.63, 3.8) is 0 Å². The lowest BCUT2D eigenvalue weighted by Gasteiger charge is -2.29. The van der Waals surface area contributed by atoms with Crippen LogP contribution in [0, 0.1) is 0 Å². The summed E-state index contributed by atoms with van der Waals surface area (Å²) in [5.41, 5.74) is 0. The molecule has 2 N–H and O–H groups in total. The summed E-state index contributed by atoms with van der Waals surface area (Å²) in [6.45, 7) is -5.75. The molecular formula is C9H13F5N2O4. The Hall–Kier alpha value is -1.65. The van der Waals surface area contributed by atoms with Gasteiger partial charge >= 0.3 is 18.2 Å². The van der Waals surface area contributed by atoms with E-state index in [9.17, 15) is 31.5 Å². The van der Waals surface area contributed by atoms with Crippen LogP contribution in [-0.2, 0) is 4.79 Å². The predicted octanol–water partition coefficient (Wildman–Crippen LogP) is 0.615. The van der Waals surface area contributed by atoms with Crippen molar-refractivity contribution in [2.75, 3.05) is 32.8 Å². The summed E-state index contributed by atoms with van der Waals surface area (Å²) < 4.78 is 61.1. The van der Waals surface area contributed by atoms with Crippen LogP contribution in [-0.4, -0.2) is 77.4 Å². The van der Waals surface area contributed by atoms with Gasteiger partial charge in [-0.25, -0.2) is 13.6 Å². The molecule has 0 heterocycles. The smallest absolute Gasteiger partial charge is 0.406 e. The highest BCUT2D eigenvalue weighted by molar-refractivity contribution is 5.80. The summed E-state index contributed by atoms with van der Waals surface area (Å²) >= 11 is 0. The van der Waals surface area contributed by atoms with Gasteiger partial charge in [0.25, 0.3) is 6.43 Å². The first-order valence-electron chi connectivity index (χ1n) is 5.28. The van der Waals surface area contributed by atoms with Crippen LogP contribution in [0.5, 0.6) is 0 Å². The minimum Gasteiger partial charge on any atom is -0.480 e. The van der Waals surface area contributed by atoms with Crippen molar-refractivity contribution in [2.45, 2.75) is 12.6 Å². The van der Waals surface area contributed by atoms with Crippen LogP contribution in [0.4, 0.5) is 26.7 Å². The zero-order chi connectivity index (χ0) is 15.9. The predicted molar refractivity (Wildman–Crippen MR) is 55.3 cm³/mol. The molecule has 118 valence electrons. The molecule has 0 rings (SSSR count). The Bertz CT molecular complexity index is 337. The molecule has 0 aromatic rings. The molecule has 0 atom stereocenters. The largest absolute Gasteiger partial charge is 0.480 e. The topological polar surface area (TPSA) is 81.1 Å². The maximum Gasteiger partial charge on any atom is 0.406 e. The Kier molecular flexibility index (Phi) is 7.18. The number of carboxylic acid groups (broad SMARTS) is 1. The average Bonchev–Trinajstić information content (AvgIpc) is 2.23. The number of aliphatic hydroxyl groups is 1. The highest BCUT2D eigenvalue weighted by atomic mass is 19.4. The van der Waals surface area contributed by atoms with Crippen LogP contribution in [0.2, 0.25) is 0 Å². The standard InChI is InChI=1S/C9H13F5N2O4/c10-6(11)3-15(1-2-17)8(20)16(4-7(18)19)5-9(12,13)14/h6,17H,1-5H2,(H,18,19). The molecular weight excluding hydrogens is 295 g/mol. The molecule has 0 saturated heterocycles. The average molecular weight is 308 g/mol.